The van der Waals surface area contributed by atoms with Gasteiger partial charge in [0.2, 0.25) is 0 Å². The van der Waals surface area contributed by atoms with Crippen molar-refractivity contribution in [3.63, 3.8) is 0 Å². The van der Waals surface area contributed by atoms with E-state index in [2.05, 4.69) is 21.9 Å². The van der Waals surface area contributed by atoms with E-state index < -0.39 is 0 Å². The molecule has 1 aromatic carbocycles. The maximum atomic E-state index is 8.71. The lowest BCUT2D eigenvalue weighted by molar-refractivity contribution is 0.289. The molecule has 0 spiro atoms. The molecular weight excluding hydrogens is 254 g/mol. The number of aromatic nitrogens is 3. The summed E-state index contributed by atoms with van der Waals surface area (Å²) in [6.07, 6.45) is 1.99. The van der Waals surface area contributed by atoms with Crippen LogP contribution < -0.4 is 4.74 Å². The number of nitrogens with zero attached hydrogens (tertiary/aromatic N) is 3. The van der Waals surface area contributed by atoms with Gasteiger partial charge >= 0.3 is 0 Å². The van der Waals surface area contributed by atoms with Gasteiger partial charge in [-0.25, -0.2) is 4.98 Å². The van der Waals surface area contributed by atoms with Crippen LogP contribution in [0.2, 0.25) is 0 Å². The molecule has 2 rings (SSSR count). The summed E-state index contributed by atoms with van der Waals surface area (Å²) in [7, 11) is 1.83. The Kier molecular flexibility index (Phi) is 4.75. The van der Waals surface area contributed by atoms with E-state index in [-0.39, 0.29) is 6.61 Å². The Morgan fingerprint density at radius 2 is 2.25 bits per heavy atom. The van der Waals surface area contributed by atoms with Crippen LogP contribution in [0.3, 0.4) is 0 Å². The quantitative estimate of drug-likeness (QED) is 0.855. The van der Waals surface area contributed by atoms with E-state index in [1.165, 1.54) is 6.33 Å². The molecule has 0 aliphatic carbocycles. The molecule has 0 saturated heterocycles. The molecule has 2 aromatic rings. The monoisotopic (exact) mass is 271 g/mol. The third-order valence-corrected chi connectivity index (χ3v) is 2.83. The van der Waals surface area contributed by atoms with Gasteiger partial charge in [-0.15, -0.1) is 0 Å². The Labute approximate surface area is 118 Å². The van der Waals surface area contributed by atoms with Gasteiger partial charge in [-0.3, -0.25) is 4.68 Å². The summed E-state index contributed by atoms with van der Waals surface area (Å²) in [4.78, 5) is 4.10. The first-order valence-corrected chi connectivity index (χ1v) is 6.36. The topological polar surface area (TPSA) is 60.2 Å². The summed E-state index contributed by atoms with van der Waals surface area (Å²) in [6.45, 7) is 2.45. The zero-order valence-electron chi connectivity index (χ0n) is 11.6. The fraction of sp³-hybridized carbons (Fsp3) is 0.333. The molecule has 20 heavy (non-hydrogen) atoms. The lowest BCUT2D eigenvalue weighted by Gasteiger charge is -2.07. The molecule has 0 atom stereocenters. The Balaban J connectivity index is 2.02. The molecule has 0 amide bonds. The number of ether oxygens (including phenoxy) is 1. The van der Waals surface area contributed by atoms with Crippen LogP contribution >= 0.6 is 0 Å². The normalized spacial score (nSPS) is 9.95. The number of aliphatic hydroxyl groups is 1. The third kappa shape index (κ3) is 3.59. The second-order valence-corrected chi connectivity index (χ2v) is 4.34. The van der Waals surface area contributed by atoms with E-state index >= 15 is 0 Å². The average molecular weight is 271 g/mol. The number of aryl methyl sites for hydroxylation is 2. The lowest BCUT2D eigenvalue weighted by Crippen LogP contribution is -2.04. The Morgan fingerprint density at radius 3 is 2.90 bits per heavy atom. The Morgan fingerprint density at radius 1 is 1.40 bits per heavy atom. The minimum Gasteiger partial charge on any atom is -0.486 e. The van der Waals surface area contributed by atoms with Gasteiger partial charge in [-0.05, 0) is 30.7 Å². The predicted molar refractivity (Wildman–Crippen MR) is 75.1 cm³/mol. The van der Waals surface area contributed by atoms with E-state index in [1.807, 2.05) is 32.2 Å². The summed E-state index contributed by atoms with van der Waals surface area (Å²) in [5, 5.41) is 12.7. The van der Waals surface area contributed by atoms with Crippen molar-refractivity contribution in [3.05, 3.63) is 41.5 Å². The molecule has 0 fully saturated rings. The van der Waals surface area contributed by atoms with Crippen molar-refractivity contribution in [1.82, 2.24) is 14.8 Å². The highest BCUT2D eigenvalue weighted by atomic mass is 16.5. The van der Waals surface area contributed by atoms with E-state index in [1.54, 1.807) is 4.68 Å². The summed E-state index contributed by atoms with van der Waals surface area (Å²) in [6, 6.07) is 5.75. The van der Waals surface area contributed by atoms with E-state index in [0.29, 0.717) is 13.0 Å². The van der Waals surface area contributed by atoms with E-state index in [9.17, 15) is 0 Å². The van der Waals surface area contributed by atoms with Gasteiger partial charge < -0.3 is 9.84 Å². The van der Waals surface area contributed by atoms with Gasteiger partial charge in [0, 0.05) is 19.0 Å². The fourth-order valence-corrected chi connectivity index (χ4v) is 1.68. The SMILES string of the molecule is Cc1cc(OCc2ncnn2C)ccc1C#CCCO. The molecule has 104 valence electrons. The highest BCUT2D eigenvalue weighted by molar-refractivity contribution is 5.44. The second-order valence-electron chi connectivity index (χ2n) is 4.34. The molecule has 5 heteroatoms. The van der Waals surface area contributed by atoms with Crippen LogP contribution in [0.4, 0.5) is 0 Å². The third-order valence-electron chi connectivity index (χ3n) is 2.83. The molecule has 0 unspecified atom stereocenters. The highest BCUT2D eigenvalue weighted by Crippen LogP contribution is 2.17. The van der Waals surface area contributed by atoms with Crippen LogP contribution in [0.25, 0.3) is 0 Å². The Hall–Kier alpha value is -2.32. The lowest BCUT2D eigenvalue weighted by atomic mass is 10.1. The van der Waals surface area contributed by atoms with E-state index in [4.69, 9.17) is 9.84 Å². The first kappa shape index (κ1) is 14.1. The van der Waals surface area contributed by atoms with Crippen LogP contribution in [0.1, 0.15) is 23.4 Å². The van der Waals surface area contributed by atoms with Gasteiger partial charge in [-0.2, -0.15) is 5.10 Å². The second kappa shape index (κ2) is 6.73. The number of benzene rings is 1. The molecule has 1 heterocycles. The summed E-state index contributed by atoms with van der Waals surface area (Å²) >= 11 is 0. The molecule has 0 saturated carbocycles. The smallest absolute Gasteiger partial charge is 0.164 e. The number of aliphatic hydroxyl groups excluding tert-OH is 1. The van der Waals surface area contributed by atoms with Gasteiger partial charge in [0.25, 0.3) is 0 Å². The van der Waals surface area contributed by atoms with Crippen LogP contribution in [0.15, 0.2) is 24.5 Å². The fourth-order valence-electron chi connectivity index (χ4n) is 1.68. The maximum Gasteiger partial charge on any atom is 0.164 e. The van der Waals surface area contributed by atoms with Crippen molar-refractivity contribution < 1.29 is 9.84 Å². The largest absolute Gasteiger partial charge is 0.486 e. The molecule has 0 aliphatic rings. The summed E-state index contributed by atoms with van der Waals surface area (Å²) in [5.41, 5.74) is 2.00. The minimum absolute atomic E-state index is 0.0882. The molecule has 0 bridgehead atoms. The molecule has 1 aromatic heterocycles. The van der Waals surface area contributed by atoms with Crippen LogP contribution in [0.5, 0.6) is 5.75 Å². The summed E-state index contributed by atoms with van der Waals surface area (Å²) in [5.74, 6) is 7.49. The summed E-state index contributed by atoms with van der Waals surface area (Å²) < 4.78 is 7.36. The van der Waals surface area contributed by atoms with Crippen molar-refractivity contribution in [2.24, 2.45) is 7.05 Å². The Bertz CT molecular complexity index is 638. The number of hydrogen-bond donors (Lipinski definition) is 1. The first-order valence-electron chi connectivity index (χ1n) is 6.36. The van der Waals surface area contributed by atoms with Crippen LogP contribution in [-0.4, -0.2) is 26.5 Å². The standard InChI is InChI=1S/C15H17N3O2/c1-12-9-14(7-6-13(12)5-3-4-8-19)20-10-15-16-11-17-18(15)2/h6-7,9,11,19H,4,8,10H2,1-2H3. The number of rotatable bonds is 4. The number of hydrogen-bond acceptors (Lipinski definition) is 4. The van der Waals surface area contributed by atoms with Crippen LogP contribution in [0, 0.1) is 18.8 Å². The molecule has 0 aliphatic heterocycles. The van der Waals surface area contributed by atoms with Crippen molar-refractivity contribution in [3.8, 4) is 17.6 Å². The van der Waals surface area contributed by atoms with Gasteiger partial charge in [0.05, 0.1) is 6.61 Å². The molecular formula is C15H17N3O2. The zero-order valence-corrected chi connectivity index (χ0v) is 11.6. The predicted octanol–water partition coefficient (Wildman–Crippen LogP) is 1.44. The zero-order chi connectivity index (χ0) is 14.4. The minimum atomic E-state index is 0.0882. The van der Waals surface area contributed by atoms with Crippen molar-refractivity contribution in [2.75, 3.05) is 6.61 Å². The molecule has 0 radical (unpaired) electrons. The average Bonchev–Trinajstić information content (AvgIpc) is 2.84. The van der Waals surface area contributed by atoms with Crippen molar-refractivity contribution in [2.45, 2.75) is 20.0 Å². The maximum absolute atomic E-state index is 8.71. The van der Waals surface area contributed by atoms with Crippen molar-refractivity contribution >= 4 is 0 Å². The molecule has 1 N–H and O–H groups in total. The van der Waals surface area contributed by atoms with Gasteiger partial charge in [-0.1, -0.05) is 11.8 Å². The van der Waals surface area contributed by atoms with Gasteiger partial charge in [0.1, 0.15) is 18.7 Å². The van der Waals surface area contributed by atoms with Crippen molar-refractivity contribution in [1.29, 1.82) is 0 Å². The van der Waals surface area contributed by atoms with E-state index in [0.717, 1.165) is 22.7 Å². The first-order chi connectivity index (χ1) is 9.70. The van der Waals surface area contributed by atoms with Crippen LogP contribution in [-0.2, 0) is 13.7 Å². The highest BCUT2D eigenvalue weighted by Gasteiger charge is 2.03. The molecule has 5 nitrogen and oxygen atoms in total. The van der Waals surface area contributed by atoms with Gasteiger partial charge in [0.15, 0.2) is 5.82 Å².